The lowest BCUT2D eigenvalue weighted by molar-refractivity contribution is 0.0310. The summed E-state index contributed by atoms with van der Waals surface area (Å²) in [6.45, 7) is 6.11. The van der Waals surface area contributed by atoms with Gasteiger partial charge in [-0.3, -0.25) is 9.69 Å². The third-order valence-electron chi connectivity index (χ3n) is 4.74. The molecule has 24 heavy (non-hydrogen) atoms. The SMILES string of the molecule is COc1cc(N)c(Cl)cc1C(=O)N1CCC(CN2CCOCC2)C1. The number of halogens is 1. The number of benzene rings is 1. The van der Waals surface area contributed by atoms with E-state index in [2.05, 4.69) is 4.90 Å². The largest absolute Gasteiger partial charge is 0.496 e. The van der Waals surface area contributed by atoms with Gasteiger partial charge in [0, 0.05) is 38.8 Å². The van der Waals surface area contributed by atoms with Crippen molar-refractivity contribution >= 4 is 23.2 Å². The van der Waals surface area contributed by atoms with Crippen molar-refractivity contribution in [3.8, 4) is 5.75 Å². The Hall–Kier alpha value is -1.50. The minimum atomic E-state index is -0.0433. The number of hydrogen-bond acceptors (Lipinski definition) is 5. The molecule has 3 rings (SSSR count). The Kier molecular flexibility index (Phi) is 5.48. The third-order valence-corrected chi connectivity index (χ3v) is 5.07. The Morgan fingerprint density at radius 3 is 2.83 bits per heavy atom. The molecule has 2 aliphatic heterocycles. The number of anilines is 1. The van der Waals surface area contributed by atoms with Crippen molar-refractivity contribution in [1.82, 2.24) is 9.80 Å². The number of rotatable bonds is 4. The molecule has 0 bridgehead atoms. The van der Waals surface area contributed by atoms with Crippen LogP contribution in [0.4, 0.5) is 5.69 Å². The van der Waals surface area contributed by atoms with Crippen LogP contribution < -0.4 is 10.5 Å². The molecule has 7 heteroatoms. The van der Waals surface area contributed by atoms with Crippen LogP contribution in [-0.2, 0) is 4.74 Å². The summed E-state index contributed by atoms with van der Waals surface area (Å²) in [4.78, 5) is 17.1. The van der Waals surface area contributed by atoms with Gasteiger partial charge in [0.05, 0.1) is 36.6 Å². The second-order valence-corrected chi connectivity index (χ2v) is 6.80. The van der Waals surface area contributed by atoms with Gasteiger partial charge in [0.1, 0.15) is 5.75 Å². The molecule has 2 heterocycles. The summed E-state index contributed by atoms with van der Waals surface area (Å²) in [6.07, 6.45) is 1.02. The van der Waals surface area contributed by atoms with Crippen molar-refractivity contribution in [2.75, 3.05) is 58.8 Å². The summed E-state index contributed by atoms with van der Waals surface area (Å²) in [5.41, 5.74) is 6.68. The summed E-state index contributed by atoms with van der Waals surface area (Å²) < 4.78 is 10.7. The van der Waals surface area contributed by atoms with E-state index in [9.17, 15) is 4.79 Å². The smallest absolute Gasteiger partial charge is 0.257 e. The van der Waals surface area contributed by atoms with Crippen LogP contribution in [0.3, 0.4) is 0 Å². The number of hydrogen-bond donors (Lipinski definition) is 1. The molecule has 0 aromatic heterocycles. The zero-order chi connectivity index (χ0) is 17.1. The van der Waals surface area contributed by atoms with E-state index in [0.29, 0.717) is 27.9 Å². The number of methoxy groups -OCH3 is 1. The van der Waals surface area contributed by atoms with Gasteiger partial charge in [-0.2, -0.15) is 0 Å². The molecule has 0 spiro atoms. The maximum atomic E-state index is 12.8. The highest BCUT2D eigenvalue weighted by Crippen LogP contribution is 2.31. The molecule has 0 radical (unpaired) electrons. The average Bonchev–Trinajstić information content (AvgIpc) is 3.05. The van der Waals surface area contributed by atoms with E-state index in [1.54, 1.807) is 12.1 Å². The van der Waals surface area contributed by atoms with Crippen LogP contribution in [0.2, 0.25) is 5.02 Å². The third kappa shape index (κ3) is 3.77. The van der Waals surface area contributed by atoms with Gasteiger partial charge in [0.2, 0.25) is 0 Å². The van der Waals surface area contributed by atoms with Crippen molar-refractivity contribution in [3.63, 3.8) is 0 Å². The Labute approximate surface area is 147 Å². The van der Waals surface area contributed by atoms with Crippen molar-refractivity contribution in [1.29, 1.82) is 0 Å². The zero-order valence-corrected chi connectivity index (χ0v) is 14.7. The van der Waals surface area contributed by atoms with Crippen LogP contribution in [0.1, 0.15) is 16.8 Å². The van der Waals surface area contributed by atoms with Gasteiger partial charge in [0.15, 0.2) is 0 Å². The average molecular weight is 354 g/mol. The van der Waals surface area contributed by atoms with Crippen molar-refractivity contribution in [2.24, 2.45) is 5.92 Å². The lowest BCUT2D eigenvalue weighted by Crippen LogP contribution is -2.40. The number of ether oxygens (including phenoxy) is 2. The number of likely N-dealkylation sites (tertiary alicyclic amines) is 1. The van der Waals surface area contributed by atoms with Gasteiger partial charge < -0.3 is 20.1 Å². The Morgan fingerprint density at radius 2 is 2.12 bits per heavy atom. The van der Waals surface area contributed by atoms with E-state index in [1.165, 1.54) is 7.11 Å². The Bertz CT molecular complexity index is 605. The maximum absolute atomic E-state index is 12.8. The topological polar surface area (TPSA) is 68.0 Å². The fraction of sp³-hybridized carbons (Fsp3) is 0.588. The molecule has 0 aliphatic carbocycles. The lowest BCUT2D eigenvalue weighted by atomic mass is 10.1. The molecule has 1 unspecified atom stereocenters. The number of carbonyl (C=O) groups is 1. The molecule has 1 amide bonds. The second kappa shape index (κ2) is 7.59. The van der Waals surface area contributed by atoms with E-state index >= 15 is 0 Å². The van der Waals surface area contributed by atoms with Crippen LogP contribution in [0.25, 0.3) is 0 Å². The molecule has 6 nitrogen and oxygen atoms in total. The van der Waals surface area contributed by atoms with E-state index in [0.717, 1.165) is 52.4 Å². The Balaban J connectivity index is 1.65. The minimum Gasteiger partial charge on any atom is -0.496 e. The predicted octanol–water partition coefficient (Wildman–Crippen LogP) is 1.73. The minimum absolute atomic E-state index is 0.0433. The molecule has 2 fully saturated rings. The fourth-order valence-corrected chi connectivity index (χ4v) is 3.55. The van der Waals surface area contributed by atoms with E-state index in [4.69, 9.17) is 26.8 Å². The monoisotopic (exact) mass is 353 g/mol. The molecule has 132 valence electrons. The summed E-state index contributed by atoms with van der Waals surface area (Å²) >= 11 is 6.08. The van der Waals surface area contributed by atoms with E-state index in [-0.39, 0.29) is 5.91 Å². The fourth-order valence-electron chi connectivity index (χ4n) is 3.39. The van der Waals surface area contributed by atoms with Gasteiger partial charge >= 0.3 is 0 Å². The summed E-state index contributed by atoms with van der Waals surface area (Å²) in [6, 6.07) is 3.21. The van der Waals surface area contributed by atoms with Gasteiger partial charge in [-0.15, -0.1) is 0 Å². The van der Waals surface area contributed by atoms with E-state index in [1.807, 2.05) is 4.90 Å². The summed E-state index contributed by atoms with van der Waals surface area (Å²) in [5, 5.41) is 0.378. The van der Waals surface area contributed by atoms with Crippen molar-refractivity contribution < 1.29 is 14.3 Å². The number of nitrogens with zero attached hydrogens (tertiary/aromatic N) is 2. The molecule has 1 aromatic rings. The Morgan fingerprint density at radius 1 is 1.38 bits per heavy atom. The number of carbonyl (C=O) groups excluding carboxylic acids is 1. The number of morpholine rings is 1. The van der Waals surface area contributed by atoms with Crippen molar-refractivity contribution in [2.45, 2.75) is 6.42 Å². The standard InChI is InChI=1S/C17H24ClN3O3/c1-23-16-9-15(19)14(18)8-13(16)17(22)21-3-2-12(11-21)10-20-4-6-24-7-5-20/h8-9,12H,2-7,10-11,19H2,1H3. The number of amides is 1. The maximum Gasteiger partial charge on any atom is 0.257 e. The molecule has 2 saturated heterocycles. The lowest BCUT2D eigenvalue weighted by Gasteiger charge is -2.29. The van der Waals surface area contributed by atoms with Crippen LogP contribution in [0, 0.1) is 5.92 Å². The van der Waals surface area contributed by atoms with Crippen LogP contribution in [0.15, 0.2) is 12.1 Å². The predicted molar refractivity (Wildman–Crippen MR) is 93.7 cm³/mol. The second-order valence-electron chi connectivity index (χ2n) is 6.39. The van der Waals surface area contributed by atoms with Gasteiger partial charge in [-0.1, -0.05) is 11.6 Å². The van der Waals surface area contributed by atoms with Crippen LogP contribution >= 0.6 is 11.6 Å². The first-order chi connectivity index (χ1) is 11.6. The summed E-state index contributed by atoms with van der Waals surface area (Å²) in [5.74, 6) is 0.930. The molecular weight excluding hydrogens is 330 g/mol. The van der Waals surface area contributed by atoms with Gasteiger partial charge in [-0.25, -0.2) is 0 Å². The van der Waals surface area contributed by atoms with Crippen LogP contribution in [0.5, 0.6) is 5.75 Å². The number of nitrogens with two attached hydrogens (primary N) is 1. The molecule has 2 aliphatic rings. The normalized spacial score (nSPS) is 21.9. The first-order valence-electron chi connectivity index (χ1n) is 8.31. The van der Waals surface area contributed by atoms with E-state index < -0.39 is 0 Å². The van der Waals surface area contributed by atoms with Gasteiger partial charge in [0.25, 0.3) is 5.91 Å². The highest BCUT2D eigenvalue weighted by Gasteiger charge is 2.30. The molecular formula is C17H24ClN3O3. The molecule has 2 N–H and O–H groups in total. The molecule has 1 aromatic carbocycles. The van der Waals surface area contributed by atoms with Crippen molar-refractivity contribution in [3.05, 3.63) is 22.7 Å². The summed E-state index contributed by atoms with van der Waals surface area (Å²) in [7, 11) is 1.53. The quantitative estimate of drug-likeness (QED) is 0.835. The zero-order valence-electron chi connectivity index (χ0n) is 14.0. The van der Waals surface area contributed by atoms with Gasteiger partial charge in [-0.05, 0) is 18.4 Å². The van der Waals surface area contributed by atoms with Crippen LogP contribution in [-0.4, -0.2) is 68.8 Å². The highest BCUT2D eigenvalue weighted by molar-refractivity contribution is 6.33. The number of nitrogen functional groups attached to an aromatic ring is 1. The molecule has 0 saturated carbocycles. The molecule has 1 atom stereocenters. The first-order valence-corrected chi connectivity index (χ1v) is 8.68. The highest BCUT2D eigenvalue weighted by atomic mass is 35.5. The first kappa shape index (κ1) is 17.3.